The average Bonchev–Trinajstić information content (AvgIpc) is 2.43. The smallest absolute Gasteiger partial charge is 0.381 e. The first kappa shape index (κ1) is 17.5. The van der Waals surface area contributed by atoms with Crippen molar-refractivity contribution in [3.8, 4) is 0 Å². The van der Waals surface area contributed by atoms with E-state index in [9.17, 15) is 30.8 Å². The quantitative estimate of drug-likeness (QED) is 0.845. The van der Waals surface area contributed by atoms with Crippen LogP contribution < -0.4 is 5.32 Å². The summed E-state index contributed by atoms with van der Waals surface area (Å²) < 4.78 is 74.6. The molecule has 1 aromatic rings. The Morgan fingerprint density at radius 1 is 1.30 bits per heavy atom. The number of amides is 1. The lowest BCUT2D eigenvalue weighted by Crippen LogP contribution is -2.41. The molecule has 23 heavy (non-hydrogen) atoms. The molecule has 5 nitrogen and oxygen atoms in total. The van der Waals surface area contributed by atoms with E-state index >= 15 is 0 Å². The van der Waals surface area contributed by atoms with Gasteiger partial charge in [-0.3, -0.25) is 4.79 Å². The van der Waals surface area contributed by atoms with E-state index in [4.69, 9.17) is 0 Å². The maximum atomic E-state index is 13.2. The van der Waals surface area contributed by atoms with E-state index in [2.05, 4.69) is 5.32 Å². The highest BCUT2D eigenvalue weighted by atomic mass is 32.2. The Kier molecular flexibility index (Phi) is 4.56. The van der Waals surface area contributed by atoms with Crippen LogP contribution >= 0.6 is 0 Å². The number of carbonyl (C=O) groups is 1. The Bertz CT molecular complexity index is 718. The zero-order chi connectivity index (χ0) is 17.4. The number of nitrogens with zero attached hydrogens (tertiary/aromatic N) is 1. The van der Waals surface area contributed by atoms with Crippen molar-refractivity contribution in [1.29, 1.82) is 0 Å². The molecule has 1 saturated heterocycles. The second-order valence-corrected chi connectivity index (χ2v) is 7.15. The lowest BCUT2D eigenvalue weighted by Gasteiger charge is -2.30. The summed E-state index contributed by atoms with van der Waals surface area (Å²) in [5.74, 6) is -1.31. The van der Waals surface area contributed by atoms with E-state index in [1.165, 1.54) is 4.90 Å². The highest BCUT2D eigenvalue weighted by molar-refractivity contribution is 7.92. The molecule has 0 aromatic heterocycles. The third kappa shape index (κ3) is 3.57. The normalized spacial score (nSPS) is 19.8. The Labute approximate surface area is 130 Å². The van der Waals surface area contributed by atoms with Crippen molar-refractivity contribution in [2.24, 2.45) is 0 Å². The third-order valence-electron chi connectivity index (χ3n) is 3.56. The first-order chi connectivity index (χ1) is 10.5. The highest BCUT2D eigenvalue weighted by Crippen LogP contribution is 2.35. The van der Waals surface area contributed by atoms with Gasteiger partial charge in [0.2, 0.25) is 5.91 Å². The van der Waals surface area contributed by atoms with Gasteiger partial charge in [-0.25, -0.2) is 12.8 Å². The van der Waals surface area contributed by atoms with Crippen LogP contribution in [-0.2, 0) is 14.6 Å². The molecule has 10 heteroatoms. The van der Waals surface area contributed by atoms with Gasteiger partial charge in [-0.1, -0.05) is 0 Å². The molecule has 1 heterocycles. The van der Waals surface area contributed by atoms with E-state index in [1.807, 2.05) is 0 Å². The van der Waals surface area contributed by atoms with Crippen LogP contribution in [0.5, 0.6) is 0 Å². The average molecular weight is 354 g/mol. The number of piperidine rings is 1. The van der Waals surface area contributed by atoms with Crippen LogP contribution in [0.1, 0.15) is 12.8 Å². The standard InChI is InChI=1S/C13H14F4N2O3S/c1-19-5-4-9(7-12(19)20)18-10-3-2-8(14)6-11(10)23(21,22)13(15,16)17/h2-3,6,9,18H,4-5,7H2,1H3. The zero-order valence-corrected chi connectivity index (χ0v) is 12.8. The molecular formula is C13H14F4N2O3S. The molecule has 0 spiro atoms. The fraction of sp³-hybridized carbons (Fsp3) is 0.462. The minimum absolute atomic E-state index is 0.0133. The van der Waals surface area contributed by atoms with Crippen molar-refractivity contribution >= 4 is 21.4 Å². The lowest BCUT2D eigenvalue weighted by atomic mass is 10.0. The molecular weight excluding hydrogens is 340 g/mol. The van der Waals surface area contributed by atoms with Gasteiger partial charge in [0.1, 0.15) is 10.7 Å². The minimum Gasteiger partial charge on any atom is -0.381 e. The fourth-order valence-electron chi connectivity index (χ4n) is 2.25. The van der Waals surface area contributed by atoms with Crippen LogP contribution in [0, 0.1) is 5.82 Å². The first-order valence-electron chi connectivity index (χ1n) is 6.64. The van der Waals surface area contributed by atoms with Crippen molar-refractivity contribution in [2.45, 2.75) is 29.3 Å². The zero-order valence-electron chi connectivity index (χ0n) is 12.0. The number of hydrogen-bond acceptors (Lipinski definition) is 4. The highest BCUT2D eigenvalue weighted by Gasteiger charge is 2.48. The van der Waals surface area contributed by atoms with Gasteiger partial charge in [-0.15, -0.1) is 0 Å². The van der Waals surface area contributed by atoms with Crippen molar-refractivity contribution in [2.75, 3.05) is 18.9 Å². The van der Waals surface area contributed by atoms with Gasteiger partial charge < -0.3 is 10.2 Å². The third-order valence-corrected chi connectivity index (χ3v) is 5.08. The summed E-state index contributed by atoms with van der Waals surface area (Å²) in [5.41, 5.74) is -5.91. The summed E-state index contributed by atoms with van der Waals surface area (Å²) >= 11 is 0. The van der Waals surface area contributed by atoms with Crippen LogP contribution in [0.4, 0.5) is 23.2 Å². The number of nitrogens with one attached hydrogen (secondary N) is 1. The van der Waals surface area contributed by atoms with E-state index in [1.54, 1.807) is 7.05 Å². The molecule has 1 N–H and O–H groups in total. The van der Waals surface area contributed by atoms with Crippen molar-refractivity contribution in [3.05, 3.63) is 24.0 Å². The molecule has 1 unspecified atom stereocenters. The Morgan fingerprint density at radius 3 is 2.52 bits per heavy atom. The summed E-state index contributed by atoms with van der Waals surface area (Å²) in [6.45, 7) is 0.388. The molecule has 0 bridgehead atoms. The Hall–Kier alpha value is -1.84. The predicted molar refractivity (Wildman–Crippen MR) is 73.9 cm³/mol. The van der Waals surface area contributed by atoms with Crippen LogP contribution in [0.3, 0.4) is 0 Å². The molecule has 1 atom stereocenters. The summed E-state index contributed by atoms with van der Waals surface area (Å²) in [5, 5.41) is 2.61. The monoisotopic (exact) mass is 354 g/mol. The number of likely N-dealkylation sites (tertiary alicyclic amines) is 1. The van der Waals surface area contributed by atoms with E-state index in [0.717, 1.165) is 12.1 Å². The number of sulfone groups is 1. The molecule has 1 aliphatic heterocycles. The number of alkyl halides is 3. The fourth-order valence-corrected chi connectivity index (χ4v) is 3.18. The Morgan fingerprint density at radius 2 is 1.96 bits per heavy atom. The van der Waals surface area contributed by atoms with Gasteiger partial charge in [0.15, 0.2) is 0 Å². The molecule has 1 aromatic carbocycles. The largest absolute Gasteiger partial charge is 0.501 e. The maximum Gasteiger partial charge on any atom is 0.501 e. The Balaban J connectivity index is 2.35. The van der Waals surface area contributed by atoms with Gasteiger partial charge in [0.25, 0.3) is 9.84 Å². The van der Waals surface area contributed by atoms with Crippen molar-refractivity contribution in [3.63, 3.8) is 0 Å². The number of halogens is 4. The van der Waals surface area contributed by atoms with Crippen LogP contribution in [0.15, 0.2) is 23.1 Å². The van der Waals surface area contributed by atoms with Gasteiger partial charge in [0, 0.05) is 26.1 Å². The number of anilines is 1. The van der Waals surface area contributed by atoms with Gasteiger partial charge in [-0.2, -0.15) is 13.2 Å². The summed E-state index contributed by atoms with van der Waals surface area (Å²) in [4.78, 5) is 11.9. The van der Waals surface area contributed by atoms with Crippen molar-refractivity contribution < 1.29 is 30.8 Å². The predicted octanol–water partition coefficient (Wildman–Crippen LogP) is 2.15. The van der Waals surface area contributed by atoms with Crippen LogP contribution in [0.2, 0.25) is 0 Å². The number of hydrogen-bond donors (Lipinski definition) is 1. The molecule has 0 saturated carbocycles. The summed E-state index contributed by atoms with van der Waals surface area (Å²) in [6, 6.07) is 1.58. The van der Waals surface area contributed by atoms with Gasteiger partial charge in [0.05, 0.1) is 5.69 Å². The summed E-state index contributed by atoms with van der Waals surface area (Å²) in [7, 11) is -4.11. The minimum atomic E-state index is -5.70. The number of rotatable bonds is 3. The number of benzene rings is 1. The molecule has 128 valence electrons. The molecule has 0 aliphatic carbocycles. The molecule has 1 aliphatic rings. The molecule has 2 rings (SSSR count). The van der Waals surface area contributed by atoms with Gasteiger partial charge >= 0.3 is 5.51 Å². The molecule has 0 radical (unpaired) electrons. The summed E-state index contributed by atoms with van der Waals surface area (Å²) in [6.07, 6.45) is 0.449. The molecule has 1 fully saturated rings. The van der Waals surface area contributed by atoms with E-state index < -0.39 is 32.1 Å². The number of carbonyl (C=O) groups excluding carboxylic acids is 1. The second kappa shape index (κ2) is 5.99. The second-order valence-electron chi connectivity index (χ2n) is 5.24. The topological polar surface area (TPSA) is 66.5 Å². The molecule has 1 amide bonds. The lowest BCUT2D eigenvalue weighted by molar-refractivity contribution is -0.132. The maximum absolute atomic E-state index is 13.2. The van der Waals surface area contributed by atoms with Gasteiger partial charge in [-0.05, 0) is 24.6 Å². The SMILES string of the molecule is CN1CCC(Nc2ccc(F)cc2S(=O)(=O)C(F)(F)F)CC1=O. The van der Waals surface area contributed by atoms with Crippen LogP contribution in [-0.4, -0.2) is 44.4 Å². The van der Waals surface area contributed by atoms with E-state index in [0.29, 0.717) is 19.0 Å². The first-order valence-corrected chi connectivity index (χ1v) is 8.12. The van der Waals surface area contributed by atoms with Crippen LogP contribution in [0.25, 0.3) is 0 Å². The van der Waals surface area contributed by atoms with E-state index in [-0.39, 0.29) is 18.0 Å². The van der Waals surface area contributed by atoms with Crippen molar-refractivity contribution in [1.82, 2.24) is 4.90 Å².